The molecule has 0 atom stereocenters. The van der Waals surface area contributed by atoms with E-state index in [1.807, 2.05) is 0 Å². The minimum atomic E-state index is -4.10. The molecular weight excluding hydrogens is 406 g/mol. The zero-order valence-corrected chi connectivity index (χ0v) is 16.6. The van der Waals surface area contributed by atoms with Gasteiger partial charge in [0.15, 0.2) is 0 Å². The van der Waals surface area contributed by atoms with Gasteiger partial charge in [0, 0.05) is 41.6 Å². The van der Waals surface area contributed by atoms with E-state index in [4.69, 9.17) is 0 Å². The molecule has 0 saturated carbocycles. The van der Waals surface area contributed by atoms with Gasteiger partial charge in [-0.1, -0.05) is 24.3 Å². The summed E-state index contributed by atoms with van der Waals surface area (Å²) in [5.74, 6) is -1.22. The summed E-state index contributed by atoms with van der Waals surface area (Å²) < 4.78 is 27.6. The molecule has 9 heteroatoms. The Balaban J connectivity index is 1.52. The number of carbonyl (C=O) groups is 3. The summed E-state index contributed by atoms with van der Waals surface area (Å²) in [6, 6.07) is 12.4. The van der Waals surface area contributed by atoms with Crippen LogP contribution in [0.4, 0.5) is 0 Å². The lowest BCUT2D eigenvalue weighted by Crippen LogP contribution is -2.31. The van der Waals surface area contributed by atoms with E-state index in [0.29, 0.717) is 16.3 Å². The lowest BCUT2D eigenvalue weighted by molar-refractivity contribution is -0.139. The fraction of sp³-hybridized carbons (Fsp3) is 0.143. The van der Waals surface area contributed by atoms with E-state index in [2.05, 4.69) is 9.71 Å². The van der Waals surface area contributed by atoms with E-state index in [1.54, 1.807) is 36.5 Å². The predicted octanol–water partition coefficient (Wildman–Crippen LogP) is 2.00. The van der Waals surface area contributed by atoms with Crippen LogP contribution in [0.15, 0.2) is 65.8 Å². The monoisotopic (exact) mass is 423 g/mol. The lowest BCUT2D eigenvalue weighted by atomic mass is 10.1. The second-order valence-electron chi connectivity index (χ2n) is 6.86. The van der Waals surface area contributed by atoms with Crippen molar-refractivity contribution in [1.82, 2.24) is 14.6 Å². The number of nitrogens with zero attached hydrogens (tertiary/aromatic N) is 2. The SMILES string of the molecule is O=C(NS(=O)(=O)c1cccc2cnccc12)c1ccc(CN2C(=O)CCC2=O)cc1. The maximum Gasteiger partial charge on any atom is 0.264 e. The number of carbonyl (C=O) groups excluding carboxylic acids is 3. The predicted molar refractivity (Wildman–Crippen MR) is 108 cm³/mol. The Labute approximate surface area is 172 Å². The summed E-state index contributed by atoms with van der Waals surface area (Å²) >= 11 is 0. The molecule has 1 aliphatic rings. The average Bonchev–Trinajstić information content (AvgIpc) is 3.05. The molecule has 1 saturated heterocycles. The van der Waals surface area contributed by atoms with Crippen molar-refractivity contribution in [3.05, 3.63) is 72.1 Å². The summed E-state index contributed by atoms with van der Waals surface area (Å²) in [6.45, 7) is 0.127. The van der Waals surface area contributed by atoms with Gasteiger partial charge >= 0.3 is 0 Å². The Hall–Kier alpha value is -3.59. The van der Waals surface area contributed by atoms with Crippen LogP contribution in [0.2, 0.25) is 0 Å². The van der Waals surface area contributed by atoms with Crippen molar-refractivity contribution in [3.63, 3.8) is 0 Å². The van der Waals surface area contributed by atoms with Gasteiger partial charge in [-0.25, -0.2) is 13.1 Å². The summed E-state index contributed by atoms with van der Waals surface area (Å²) in [5, 5.41) is 1.10. The number of rotatable bonds is 5. The molecule has 0 aliphatic carbocycles. The maximum atomic E-state index is 12.8. The fourth-order valence-electron chi connectivity index (χ4n) is 3.31. The summed E-state index contributed by atoms with van der Waals surface area (Å²) in [6.07, 6.45) is 3.45. The highest BCUT2D eigenvalue weighted by Crippen LogP contribution is 2.22. The van der Waals surface area contributed by atoms with E-state index >= 15 is 0 Å². The molecule has 3 aromatic rings. The van der Waals surface area contributed by atoms with E-state index in [9.17, 15) is 22.8 Å². The molecule has 3 amide bonds. The number of benzene rings is 2. The highest BCUT2D eigenvalue weighted by Gasteiger charge is 2.28. The number of hydrogen-bond donors (Lipinski definition) is 1. The van der Waals surface area contributed by atoms with Crippen molar-refractivity contribution in [2.24, 2.45) is 0 Å². The Morgan fingerprint density at radius 1 is 1.00 bits per heavy atom. The third-order valence-electron chi connectivity index (χ3n) is 4.87. The van der Waals surface area contributed by atoms with Gasteiger partial charge in [0.05, 0.1) is 11.4 Å². The second-order valence-corrected chi connectivity index (χ2v) is 8.51. The average molecular weight is 423 g/mol. The molecule has 0 unspecified atom stereocenters. The highest BCUT2D eigenvalue weighted by atomic mass is 32.2. The molecule has 30 heavy (non-hydrogen) atoms. The van der Waals surface area contributed by atoms with Crippen LogP contribution < -0.4 is 4.72 Å². The van der Waals surface area contributed by atoms with Crippen LogP contribution in [0.25, 0.3) is 10.8 Å². The minimum Gasteiger partial charge on any atom is -0.278 e. The molecule has 1 fully saturated rings. The molecule has 4 rings (SSSR count). The van der Waals surface area contributed by atoms with E-state index in [1.165, 1.54) is 29.3 Å². The summed E-state index contributed by atoms with van der Waals surface area (Å²) in [7, 11) is -4.10. The summed E-state index contributed by atoms with van der Waals surface area (Å²) in [5.41, 5.74) is 0.808. The normalized spacial score (nSPS) is 14.3. The van der Waals surface area contributed by atoms with Gasteiger partial charge in [-0.3, -0.25) is 24.3 Å². The zero-order valence-electron chi connectivity index (χ0n) is 15.7. The number of likely N-dealkylation sites (tertiary alicyclic amines) is 1. The Kier molecular flexibility index (Phi) is 5.04. The van der Waals surface area contributed by atoms with E-state index < -0.39 is 15.9 Å². The van der Waals surface area contributed by atoms with Crippen LogP contribution in [0.5, 0.6) is 0 Å². The first kappa shape index (κ1) is 19.7. The molecule has 0 radical (unpaired) electrons. The first-order chi connectivity index (χ1) is 14.3. The van der Waals surface area contributed by atoms with Crippen LogP contribution in [-0.2, 0) is 26.2 Å². The van der Waals surface area contributed by atoms with Gasteiger partial charge in [0.25, 0.3) is 15.9 Å². The van der Waals surface area contributed by atoms with Crippen LogP contribution in [-0.4, -0.2) is 36.0 Å². The van der Waals surface area contributed by atoms with Crippen LogP contribution in [0, 0.1) is 0 Å². The van der Waals surface area contributed by atoms with Crippen molar-refractivity contribution in [2.45, 2.75) is 24.3 Å². The van der Waals surface area contributed by atoms with Crippen molar-refractivity contribution in [2.75, 3.05) is 0 Å². The van der Waals surface area contributed by atoms with Crippen molar-refractivity contribution < 1.29 is 22.8 Å². The largest absolute Gasteiger partial charge is 0.278 e. The molecule has 0 spiro atoms. The van der Waals surface area contributed by atoms with Crippen LogP contribution in [0.3, 0.4) is 0 Å². The number of nitrogens with one attached hydrogen (secondary N) is 1. The van der Waals surface area contributed by atoms with Gasteiger partial charge in [0.1, 0.15) is 0 Å². The highest BCUT2D eigenvalue weighted by molar-refractivity contribution is 7.90. The smallest absolute Gasteiger partial charge is 0.264 e. The molecule has 152 valence electrons. The third kappa shape index (κ3) is 3.79. The van der Waals surface area contributed by atoms with Gasteiger partial charge < -0.3 is 0 Å². The molecule has 2 aromatic carbocycles. The minimum absolute atomic E-state index is 0.0153. The molecular formula is C21H17N3O5S. The standard InChI is InChI=1S/C21H17N3O5S/c25-19-8-9-20(26)24(19)13-14-4-6-15(7-5-14)21(27)23-30(28,29)18-3-1-2-16-12-22-11-10-17(16)18/h1-7,10-12H,8-9,13H2,(H,23,27). The molecule has 1 aliphatic heterocycles. The Bertz CT molecular complexity index is 1250. The Morgan fingerprint density at radius 3 is 2.40 bits per heavy atom. The number of aromatic nitrogens is 1. The molecule has 1 aromatic heterocycles. The van der Waals surface area contributed by atoms with E-state index in [0.717, 1.165) is 0 Å². The molecule has 1 N–H and O–H groups in total. The van der Waals surface area contributed by atoms with Gasteiger partial charge in [0.2, 0.25) is 11.8 Å². The van der Waals surface area contributed by atoms with E-state index in [-0.39, 0.29) is 41.7 Å². The number of sulfonamides is 1. The van der Waals surface area contributed by atoms with Crippen LogP contribution >= 0.6 is 0 Å². The fourth-order valence-corrected chi connectivity index (χ4v) is 4.51. The van der Waals surface area contributed by atoms with Gasteiger partial charge in [-0.15, -0.1) is 0 Å². The quantitative estimate of drug-likeness (QED) is 0.628. The summed E-state index contributed by atoms with van der Waals surface area (Å²) in [4.78, 5) is 41.1. The van der Waals surface area contributed by atoms with Crippen molar-refractivity contribution >= 4 is 38.5 Å². The number of amides is 3. The van der Waals surface area contributed by atoms with Crippen molar-refractivity contribution in [1.29, 1.82) is 0 Å². The number of pyridine rings is 1. The number of fused-ring (bicyclic) bond motifs is 1. The zero-order chi connectivity index (χ0) is 21.3. The first-order valence-electron chi connectivity index (χ1n) is 9.17. The van der Waals surface area contributed by atoms with Crippen LogP contribution in [0.1, 0.15) is 28.8 Å². The number of hydrogen-bond acceptors (Lipinski definition) is 6. The maximum absolute atomic E-state index is 12.8. The van der Waals surface area contributed by atoms with Gasteiger partial charge in [-0.05, 0) is 29.8 Å². The second kappa shape index (κ2) is 7.68. The van der Waals surface area contributed by atoms with Gasteiger partial charge in [-0.2, -0.15) is 0 Å². The topological polar surface area (TPSA) is 114 Å². The molecule has 8 nitrogen and oxygen atoms in total. The first-order valence-corrected chi connectivity index (χ1v) is 10.7. The third-order valence-corrected chi connectivity index (χ3v) is 6.26. The Morgan fingerprint density at radius 2 is 1.70 bits per heavy atom. The number of imide groups is 1. The lowest BCUT2D eigenvalue weighted by Gasteiger charge is -2.14. The molecule has 0 bridgehead atoms. The van der Waals surface area contributed by atoms with Crippen molar-refractivity contribution in [3.8, 4) is 0 Å². The molecule has 2 heterocycles.